The van der Waals surface area contributed by atoms with E-state index in [2.05, 4.69) is 4.98 Å². The molecular formula is C15H20F2N2O2. The molecule has 0 saturated carbocycles. The largest absolute Gasteiger partial charge is 0.354 e. The molecule has 4 nitrogen and oxygen atoms in total. The Morgan fingerprint density at radius 2 is 1.95 bits per heavy atom. The Hall–Kier alpha value is -1.72. The van der Waals surface area contributed by atoms with Crippen LogP contribution < -0.4 is 0 Å². The molecule has 0 aliphatic carbocycles. The molecule has 1 N–H and O–H groups in total. The molecule has 2 heterocycles. The Bertz CT molecular complexity index is 593. The van der Waals surface area contributed by atoms with Crippen LogP contribution in [-0.2, 0) is 0 Å². The Balaban J connectivity index is 2.36. The first kappa shape index (κ1) is 15.7. The summed E-state index contributed by atoms with van der Waals surface area (Å²) in [5.41, 5.74) is 1.84. The number of hydrogen-bond donors (Lipinski definition) is 1. The lowest BCUT2D eigenvalue weighted by molar-refractivity contribution is -0.0696. The van der Waals surface area contributed by atoms with Gasteiger partial charge in [-0.15, -0.1) is 0 Å². The van der Waals surface area contributed by atoms with Crippen molar-refractivity contribution in [3.05, 3.63) is 22.5 Å². The van der Waals surface area contributed by atoms with Crippen molar-refractivity contribution < 1.29 is 18.4 Å². The van der Waals surface area contributed by atoms with Gasteiger partial charge in [0.2, 0.25) is 0 Å². The number of hydrogen-bond acceptors (Lipinski definition) is 2. The second kappa shape index (κ2) is 5.24. The summed E-state index contributed by atoms with van der Waals surface area (Å²) in [6.07, 6.45) is 0.0798. The maximum Gasteiger partial charge on any atom is 0.271 e. The number of ketones is 1. The predicted molar refractivity (Wildman–Crippen MR) is 75.0 cm³/mol. The molecule has 1 amide bonds. The molecule has 1 atom stereocenters. The number of piperidine rings is 1. The number of aromatic nitrogens is 1. The van der Waals surface area contributed by atoms with Crippen LogP contribution in [0.25, 0.3) is 0 Å². The highest BCUT2D eigenvalue weighted by molar-refractivity contribution is 6.02. The first-order valence-electron chi connectivity index (χ1n) is 7.03. The highest BCUT2D eigenvalue weighted by Gasteiger charge is 2.41. The van der Waals surface area contributed by atoms with Gasteiger partial charge in [-0.3, -0.25) is 9.59 Å². The minimum Gasteiger partial charge on any atom is -0.354 e. The van der Waals surface area contributed by atoms with Gasteiger partial charge >= 0.3 is 0 Å². The Labute approximate surface area is 122 Å². The summed E-state index contributed by atoms with van der Waals surface area (Å²) in [5.74, 6) is -3.45. The quantitative estimate of drug-likeness (QED) is 0.853. The van der Waals surface area contributed by atoms with Gasteiger partial charge in [0.25, 0.3) is 11.8 Å². The maximum absolute atomic E-state index is 13.6. The fraction of sp³-hybridized carbons (Fsp3) is 0.600. The molecule has 1 saturated heterocycles. The van der Waals surface area contributed by atoms with E-state index in [1.165, 1.54) is 11.8 Å². The zero-order valence-electron chi connectivity index (χ0n) is 12.7. The van der Waals surface area contributed by atoms with Gasteiger partial charge in [-0.1, -0.05) is 0 Å². The van der Waals surface area contributed by atoms with E-state index in [1.807, 2.05) is 0 Å². The van der Waals surface area contributed by atoms with Crippen LogP contribution >= 0.6 is 0 Å². The van der Waals surface area contributed by atoms with Crippen LogP contribution in [0, 0.1) is 13.8 Å². The van der Waals surface area contributed by atoms with Crippen molar-refractivity contribution in [1.82, 2.24) is 9.88 Å². The van der Waals surface area contributed by atoms with E-state index in [9.17, 15) is 18.4 Å². The molecule has 2 rings (SSSR count). The Kier molecular flexibility index (Phi) is 3.91. The molecule has 116 valence electrons. The van der Waals surface area contributed by atoms with Gasteiger partial charge in [-0.2, -0.15) is 0 Å². The van der Waals surface area contributed by atoms with Crippen molar-refractivity contribution in [3.8, 4) is 0 Å². The number of aromatic amines is 1. The van der Waals surface area contributed by atoms with Gasteiger partial charge in [-0.25, -0.2) is 8.78 Å². The molecule has 21 heavy (non-hydrogen) atoms. The van der Waals surface area contributed by atoms with E-state index in [-0.39, 0.29) is 30.4 Å². The monoisotopic (exact) mass is 298 g/mol. The summed E-state index contributed by atoms with van der Waals surface area (Å²) in [4.78, 5) is 28.2. The van der Waals surface area contributed by atoms with E-state index in [1.54, 1.807) is 20.8 Å². The van der Waals surface area contributed by atoms with Crippen LogP contribution in [0.4, 0.5) is 8.78 Å². The standard InChI is InChI=1S/C15H20F2N2O2/c1-8-5-6-15(16,17)7-19(8)14(21)13-9(2)12(11(4)20)10(3)18-13/h8,18H,5-7H2,1-4H3. The average Bonchev–Trinajstić information content (AvgIpc) is 2.67. The number of rotatable bonds is 2. The summed E-state index contributed by atoms with van der Waals surface area (Å²) in [6, 6.07) is -0.235. The first-order chi connectivity index (χ1) is 9.64. The third kappa shape index (κ3) is 2.84. The third-order valence-electron chi connectivity index (χ3n) is 4.13. The second-order valence-corrected chi connectivity index (χ2v) is 5.86. The van der Waals surface area contributed by atoms with Gasteiger partial charge in [-0.05, 0) is 39.7 Å². The highest BCUT2D eigenvalue weighted by Crippen LogP contribution is 2.31. The summed E-state index contributed by atoms with van der Waals surface area (Å²) in [5, 5.41) is 0. The van der Waals surface area contributed by atoms with E-state index in [0.717, 1.165) is 0 Å². The second-order valence-electron chi connectivity index (χ2n) is 5.86. The van der Waals surface area contributed by atoms with Crippen molar-refractivity contribution in [2.24, 2.45) is 0 Å². The third-order valence-corrected chi connectivity index (χ3v) is 4.13. The number of Topliss-reactive ketones (excluding diaryl/α,β-unsaturated/α-hetero) is 1. The molecule has 1 unspecified atom stereocenters. The molecule has 6 heteroatoms. The van der Waals surface area contributed by atoms with Crippen LogP contribution in [0.2, 0.25) is 0 Å². The summed E-state index contributed by atoms with van der Waals surface area (Å²) in [6.45, 7) is 5.99. The van der Waals surface area contributed by atoms with Crippen LogP contribution in [0.3, 0.4) is 0 Å². The molecule has 0 bridgehead atoms. The average molecular weight is 298 g/mol. The summed E-state index contributed by atoms with van der Waals surface area (Å²) >= 11 is 0. The van der Waals surface area contributed by atoms with Crippen LogP contribution in [0.5, 0.6) is 0 Å². The number of carbonyl (C=O) groups excluding carboxylic acids is 2. The van der Waals surface area contributed by atoms with Gasteiger partial charge in [0.15, 0.2) is 5.78 Å². The smallest absolute Gasteiger partial charge is 0.271 e. The molecule has 0 aromatic carbocycles. The molecule has 1 aliphatic rings. The number of aryl methyl sites for hydroxylation is 1. The maximum atomic E-state index is 13.6. The first-order valence-corrected chi connectivity index (χ1v) is 7.03. The lowest BCUT2D eigenvalue weighted by atomic mass is 9.99. The number of halogens is 2. The molecule has 0 spiro atoms. The normalized spacial score (nSPS) is 21.4. The number of H-pyrrole nitrogens is 1. The van der Waals surface area contributed by atoms with Crippen molar-refractivity contribution >= 4 is 11.7 Å². The Morgan fingerprint density at radius 3 is 2.48 bits per heavy atom. The molecule has 1 aromatic rings. The van der Waals surface area contributed by atoms with Crippen molar-refractivity contribution in [1.29, 1.82) is 0 Å². The SMILES string of the molecule is CC(=O)c1c(C)[nH]c(C(=O)N2CC(F)(F)CCC2C)c1C. The van der Waals surface area contributed by atoms with E-state index >= 15 is 0 Å². The highest BCUT2D eigenvalue weighted by atomic mass is 19.3. The number of alkyl halides is 2. The molecule has 1 fully saturated rings. The zero-order chi connectivity index (χ0) is 15.9. The number of likely N-dealkylation sites (tertiary alicyclic amines) is 1. The summed E-state index contributed by atoms with van der Waals surface area (Å²) in [7, 11) is 0. The predicted octanol–water partition coefficient (Wildman–Crippen LogP) is 3.09. The van der Waals surface area contributed by atoms with Gasteiger partial charge in [0.05, 0.1) is 6.54 Å². The fourth-order valence-electron chi connectivity index (χ4n) is 2.97. The fourth-order valence-corrected chi connectivity index (χ4v) is 2.97. The number of nitrogens with one attached hydrogen (secondary N) is 1. The van der Waals surface area contributed by atoms with Gasteiger partial charge < -0.3 is 9.88 Å². The molecular weight excluding hydrogens is 278 g/mol. The zero-order valence-corrected chi connectivity index (χ0v) is 12.7. The Morgan fingerprint density at radius 1 is 1.33 bits per heavy atom. The lowest BCUT2D eigenvalue weighted by Gasteiger charge is -2.37. The molecule has 0 radical (unpaired) electrons. The van der Waals surface area contributed by atoms with E-state index < -0.39 is 18.4 Å². The molecule has 1 aliphatic heterocycles. The number of carbonyl (C=O) groups is 2. The van der Waals surface area contributed by atoms with Crippen LogP contribution in [0.1, 0.15) is 58.8 Å². The van der Waals surface area contributed by atoms with E-state index in [0.29, 0.717) is 16.8 Å². The van der Waals surface area contributed by atoms with Crippen molar-refractivity contribution in [2.45, 2.75) is 52.5 Å². The minimum atomic E-state index is -2.85. The topological polar surface area (TPSA) is 53.2 Å². The van der Waals surface area contributed by atoms with Gasteiger partial charge in [0.1, 0.15) is 5.69 Å². The summed E-state index contributed by atoms with van der Waals surface area (Å²) < 4.78 is 27.1. The van der Waals surface area contributed by atoms with Crippen molar-refractivity contribution in [2.75, 3.05) is 6.54 Å². The van der Waals surface area contributed by atoms with Gasteiger partial charge in [0, 0.05) is 23.7 Å². The van der Waals surface area contributed by atoms with Crippen molar-refractivity contribution in [3.63, 3.8) is 0 Å². The van der Waals surface area contributed by atoms with Crippen LogP contribution in [-0.4, -0.2) is 40.1 Å². The number of amides is 1. The molecule has 1 aromatic heterocycles. The minimum absolute atomic E-state index is 0.141. The van der Waals surface area contributed by atoms with E-state index in [4.69, 9.17) is 0 Å². The number of nitrogens with zero attached hydrogens (tertiary/aromatic N) is 1. The van der Waals surface area contributed by atoms with Crippen LogP contribution in [0.15, 0.2) is 0 Å². The lowest BCUT2D eigenvalue weighted by Crippen LogP contribution is -2.50.